The fourth-order valence-electron chi connectivity index (χ4n) is 8.45. The lowest BCUT2D eigenvalue weighted by Gasteiger charge is -2.28. The largest absolute Gasteiger partial charge is 0.436 e. The molecule has 0 amide bonds. The molecule has 0 N–H and O–H groups in total. The summed E-state index contributed by atoms with van der Waals surface area (Å²) in [5.41, 5.74) is 13.0. The average molecular weight is 741 g/mol. The highest BCUT2D eigenvalue weighted by Gasteiger charge is 2.19. The first kappa shape index (κ1) is 33.6. The van der Waals surface area contributed by atoms with E-state index in [1.165, 1.54) is 43.8 Å². The number of hydrogen-bond acceptors (Lipinski definition) is 3. The highest BCUT2D eigenvalue weighted by molar-refractivity contribution is 6.14. The van der Waals surface area contributed by atoms with Crippen molar-refractivity contribution in [3.63, 3.8) is 0 Å². The molecule has 272 valence electrons. The Morgan fingerprint density at radius 1 is 0.345 bits per heavy atom. The third-order valence-corrected chi connectivity index (χ3v) is 11.3. The van der Waals surface area contributed by atoms with E-state index in [0.717, 1.165) is 55.6 Å². The Balaban J connectivity index is 0.989. The van der Waals surface area contributed by atoms with E-state index in [0.29, 0.717) is 5.89 Å². The second-order valence-electron chi connectivity index (χ2n) is 14.7. The first-order valence-corrected chi connectivity index (χ1v) is 19.7. The number of aromatic nitrogens is 1. The minimum absolute atomic E-state index is 0.637. The molecular formula is C55H36N2O. The summed E-state index contributed by atoms with van der Waals surface area (Å²) < 4.78 is 6.17. The van der Waals surface area contributed by atoms with Gasteiger partial charge < -0.3 is 9.32 Å². The van der Waals surface area contributed by atoms with Crippen LogP contribution in [0, 0.1) is 0 Å². The molecule has 0 aliphatic rings. The fourth-order valence-corrected chi connectivity index (χ4v) is 8.45. The molecule has 0 bridgehead atoms. The lowest BCUT2D eigenvalue weighted by Crippen LogP contribution is -2.11. The molecule has 1 aromatic heterocycles. The number of fused-ring (bicyclic) bond motifs is 6. The van der Waals surface area contributed by atoms with Crippen molar-refractivity contribution in [3.05, 3.63) is 218 Å². The SMILES string of the molecule is c1ccc(-c2nc3c(ccc4cc(-c5ccc(N(c6ccc(-c7cc8ccccc8c8ccccc78)cc6)c6ccccc6-c6ccccc6)cc5)ccc43)o2)cc1. The van der Waals surface area contributed by atoms with E-state index in [-0.39, 0.29) is 0 Å². The minimum Gasteiger partial charge on any atom is -0.436 e. The smallest absolute Gasteiger partial charge is 0.227 e. The molecule has 10 aromatic carbocycles. The van der Waals surface area contributed by atoms with Crippen molar-refractivity contribution in [1.29, 1.82) is 0 Å². The van der Waals surface area contributed by atoms with E-state index < -0.39 is 0 Å². The third-order valence-electron chi connectivity index (χ3n) is 11.3. The molecule has 0 radical (unpaired) electrons. The normalized spacial score (nSPS) is 11.4. The van der Waals surface area contributed by atoms with Gasteiger partial charge >= 0.3 is 0 Å². The zero-order chi connectivity index (χ0) is 38.4. The van der Waals surface area contributed by atoms with E-state index >= 15 is 0 Å². The predicted octanol–water partition coefficient (Wildman–Crippen LogP) is 15.4. The Hall–Kier alpha value is -7.75. The van der Waals surface area contributed by atoms with Gasteiger partial charge in [-0.1, -0.05) is 158 Å². The zero-order valence-corrected chi connectivity index (χ0v) is 31.6. The number of rotatable bonds is 7. The minimum atomic E-state index is 0.637. The maximum Gasteiger partial charge on any atom is 0.227 e. The van der Waals surface area contributed by atoms with Crippen molar-refractivity contribution >= 4 is 60.5 Å². The van der Waals surface area contributed by atoms with Gasteiger partial charge in [0.25, 0.3) is 0 Å². The van der Waals surface area contributed by atoms with E-state index in [4.69, 9.17) is 9.40 Å². The van der Waals surface area contributed by atoms with Crippen LogP contribution in [-0.2, 0) is 0 Å². The second kappa shape index (κ2) is 14.1. The lowest BCUT2D eigenvalue weighted by molar-refractivity contribution is 0.620. The van der Waals surface area contributed by atoms with Gasteiger partial charge in [-0.3, -0.25) is 0 Å². The van der Waals surface area contributed by atoms with Crippen LogP contribution in [0.15, 0.2) is 223 Å². The van der Waals surface area contributed by atoms with Crippen molar-refractivity contribution < 1.29 is 4.42 Å². The molecule has 0 unspecified atom stereocenters. The van der Waals surface area contributed by atoms with Gasteiger partial charge in [0.15, 0.2) is 5.58 Å². The summed E-state index contributed by atoms with van der Waals surface area (Å²) in [6.45, 7) is 0. The summed E-state index contributed by atoms with van der Waals surface area (Å²) in [5, 5.41) is 7.25. The number of anilines is 3. The van der Waals surface area contributed by atoms with Crippen LogP contribution in [0.25, 0.3) is 88.3 Å². The summed E-state index contributed by atoms with van der Waals surface area (Å²) >= 11 is 0. The van der Waals surface area contributed by atoms with E-state index in [2.05, 4.69) is 187 Å². The number of nitrogens with zero attached hydrogens (tertiary/aromatic N) is 2. The molecule has 0 aliphatic heterocycles. The summed E-state index contributed by atoms with van der Waals surface area (Å²) in [5.74, 6) is 0.637. The number of para-hydroxylation sites is 1. The van der Waals surface area contributed by atoms with Crippen LogP contribution in [0.3, 0.4) is 0 Å². The molecule has 3 heteroatoms. The molecule has 58 heavy (non-hydrogen) atoms. The molecule has 11 aromatic rings. The van der Waals surface area contributed by atoms with E-state index in [1.807, 2.05) is 36.4 Å². The molecule has 0 fully saturated rings. The Labute approximate surface area is 336 Å². The summed E-state index contributed by atoms with van der Waals surface area (Å²) in [6.07, 6.45) is 0. The van der Waals surface area contributed by atoms with Crippen LogP contribution in [0.5, 0.6) is 0 Å². The summed E-state index contributed by atoms with van der Waals surface area (Å²) in [6, 6.07) is 77.9. The van der Waals surface area contributed by atoms with Crippen molar-refractivity contribution in [3.8, 4) is 44.8 Å². The molecule has 0 spiro atoms. The fraction of sp³-hybridized carbons (Fsp3) is 0. The quantitative estimate of drug-likeness (QED) is 0.152. The molecule has 0 saturated heterocycles. The van der Waals surface area contributed by atoms with Gasteiger partial charge in [0.2, 0.25) is 5.89 Å². The van der Waals surface area contributed by atoms with Crippen LogP contribution in [0.4, 0.5) is 17.1 Å². The summed E-state index contributed by atoms with van der Waals surface area (Å²) in [4.78, 5) is 7.28. The van der Waals surface area contributed by atoms with Crippen molar-refractivity contribution in [2.24, 2.45) is 0 Å². The van der Waals surface area contributed by atoms with Crippen molar-refractivity contribution in [2.45, 2.75) is 0 Å². The second-order valence-corrected chi connectivity index (χ2v) is 14.7. The van der Waals surface area contributed by atoms with E-state index in [1.54, 1.807) is 0 Å². The average Bonchev–Trinajstić information content (AvgIpc) is 3.75. The predicted molar refractivity (Wildman–Crippen MR) is 243 cm³/mol. The molecule has 0 saturated carbocycles. The maximum atomic E-state index is 6.17. The van der Waals surface area contributed by atoms with Gasteiger partial charge in [-0.15, -0.1) is 0 Å². The molecule has 3 nitrogen and oxygen atoms in total. The molecule has 0 aliphatic carbocycles. The van der Waals surface area contributed by atoms with Crippen molar-refractivity contribution in [2.75, 3.05) is 4.90 Å². The van der Waals surface area contributed by atoms with Crippen LogP contribution in [0.1, 0.15) is 0 Å². The number of hydrogen-bond donors (Lipinski definition) is 0. The first-order chi connectivity index (χ1) is 28.7. The Bertz CT molecular complexity index is 3260. The zero-order valence-electron chi connectivity index (χ0n) is 31.6. The first-order valence-electron chi connectivity index (χ1n) is 19.7. The van der Waals surface area contributed by atoms with Crippen LogP contribution in [-0.4, -0.2) is 4.98 Å². The Morgan fingerprint density at radius 2 is 0.914 bits per heavy atom. The van der Waals surface area contributed by atoms with E-state index in [9.17, 15) is 0 Å². The standard InChI is InChI=1S/C55H36N2O/c1-3-13-38(14-4-1)47-19-11-12-22-52(47)57(45-31-25-39(26-32-45)51-36-42-17-7-8-18-46(42)49-20-9-10-21-50(49)51)44-29-23-37(24-30-44)41-27-33-48-43(35-41)28-34-53-54(48)56-55(58-53)40-15-5-2-6-16-40/h1-36H. The lowest BCUT2D eigenvalue weighted by atomic mass is 9.93. The number of oxazole rings is 1. The topological polar surface area (TPSA) is 29.3 Å². The third kappa shape index (κ3) is 5.89. The highest BCUT2D eigenvalue weighted by atomic mass is 16.3. The van der Waals surface area contributed by atoms with Crippen LogP contribution in [0.2, 0.25) is 0 Å². The van der Waals surface area contributed by atoms with Gasteiger partial charge in [0.05, 0.1) is 5.69 Å². The highest BCUT2D eigenvalue weighted by Crippen LogP contribution is 2.43. The van der Waals surface area contributed by atoms with Gasteiger partial charge in [0.1, 0.15) is 5.52 Å². The van der Waals surface area contributed by atoms with Gasteiger partial charge in [-0.25, -0.2) is 4.98 Å². The maximum absolute atomic E-state index is 6.17. The monoisotopic (exact) mass is 740 g/mol. The Morgan fingerprint density at radius 3 is 1.67 bits per heavy atom. The van der Waals surface area contributed by atoms with Gasteiger partial charge in [0, 0.05) is 27.9 Å². The number of benzene rings is 10. The van der Waals surface area contributed by atoms with Crippen molar-refractivity contribution in [1.82, 2.24) is 4.98 Å². The van der Waals surface area contributed by atoms with Gasteiger partial charge in [-0.05, 0) is 115 Å². The Kier molecular flexibility index (Phi) is 8.15. The summed E-state index contributed by atoms with van der Waals surface area (Å²) in [7, 11) is 0. The molecule has 1 heterocycles. The van der Waals surface area contributed by atoms with Crippen LogP contribution < -0.4 is 4.90 Å². The van der Waals surface area contributed by atoms with Crippen LogP contribution >= 0.6 is 0 Å². The van der Waals surface area contributed by atoms with Gasteiger partial charge in [-0.2, -0.15) is 0 Å². The molecule has 11 rings (SSSR count). The molecule has 0 atom stereocenters. The molecular weight excluding hydrogens is 705 g/mol.